The number of nitrogens with zero attached hydrogens (tertiary/aromatic N) is 3. The first-order valence-corrected chi connectivity index (χ1v) is 8.12. The zero-order valence-corrected chi connectivity index (χ0v) is 12.4. The van der Waals surface area contributed by atoms with Crippen LogP contribution in [0.3, 0.4) is 0 Å². The van der Waals surface area contributed by atoms with Gasteiger partial charge in [0, 0.05) is 12.1 Å². The summed E-state index contributed by atoms with van der Waals surface area (Å²) >= 11 is 0. The average molecular weight is 326 g/mol. The van der Waals surface area contributed by atoms with Crippen molar-refractivity contribution in [2.45, 2.75) is 23.5 Å². The number of rotatable bonds is 4. The van der Waals surface area contributed by atoms with Crippen molar-refractivity contribution in [1.29, 1.82) is 0 Å². The maximum absolute atomic E-state index is 12.8. The van der Waals surface area contributed by atoms with Crippen molar-refractivity contribution in [3.05, 3.63) is 30.5 Å². The highest BCUT2D eigenvalue weighted by molar-refractivity contribution is 7.86. The van der Waals surface area contributed by atoms with Gasteiger partial charge in [-0.05, 0) is 25.1 Å². The number of aromatic nitrogens is 3. The van der Waals surface area contributed by atoms with Crippen LogP contribution in [0.4, 0.5) is 3.89 Å². The van der Waals surface area contributed by atoms with E-state index in [-0.39, 0.29) is 0 Å². The van der Waals surface area contributed by atoms with E-state index in [1.54, 1.807) is 10.9 Å². The third kappa shape index (κ3) is 3.16. The van der Waals surface area contributed by atoms with Gasteiger partial charge in [-0.1, -0.05) is 17.3 Å². The molecule has 2 N–H and O–H groups in total. The molecule has 1 aliphatic heterocycles. The number of hydrogen-bond donors (Lipinski definition) is 2. The van der Waals surface area contributed by atoms with Gasteiger partial charge in [0.15, 0.2) is 0 Å². The minimum atomic E-state index is -4.70. The van der Waals surface area contributed by atoms with Crippen LogP contribution in [0.1, 0.15) is 6.42 Å². The molecule has 1 aliphatic rings. The molecule has 9 heteroatoms. The summed E-state index contributed by atoms with van der Waals surface area (Å²) < 4.78 is 35.9. The SMILES string of the molecule is O=S(=O)(F)c1ccc(-c2cn(CC3(O)CCNC3)nn2)cc1. The Labute approximate surface area is 127 Å². The fourth-order valence-electron chi connectivity index (χ4n) is 2.46. The van der Waals surface area contributed by atoms with Gasteiger partial charge >= 0.3 is 10.2 Å². The molecule has 0 bridgehead atoms. The molecule has 2 heterocycles. The molecule has 22 heavy (non-hydrogen) atoms. The molecule has 0 saturated carbocycles. The Bertz CT molecular complexity index is 767. The second-order valence-corrected chi connectivity index (χ2v) is 6.76. The van der Waals surface area contributed by atoms with Crippen LogP contribution in [0.5, 0.6) is 0 Å². The lowest BCUT2D eigenvalue weighted by Crippen LogP contribution is -2.36. The van der Waals surface area contributed by atoms with Crippen molar-refractivity contribution in [2.75, 3.05) is 13.1 Å². The molecule has 1 saturated heterocycles. The van der Waals surface area contributed by atoms with Crippen molar-refractivity contribution in [3.8, 4) is 11.3 Å². The Balaban J connectivity index is 1.79. The van der Waals surface area contributed by atoms with Gasteiger partial charge in [0.25, 0.3) is 0 Å². The monoisotopic (exact) mass is 326 g/mol. The quantitative estimate of drug-likeness (QED) is 0.786. The summed E-state index contributed by atoms with van der Waals surface area (Å²) in [4.78, 5) is -0.394. The van der Waals surface area contributed by atoms with E-state index >= 15 is 0 Å². The minimum Gasteiger partial charge on any atom is -0.387 e. The summed E-state index contributed by atoms with van der Waals surface area (Å²) in [5, 5.41) is 21.3. The summed E-state index contributed by atoms with van der Waals surface area (Å²) in [5.41, 5.74) is 0.310. The number of halogens is 1. The number of aliphatic hydroxyl groups is 1. The van der Waals surface area contributed by atoms with E-state index in [0.29, 0.717) is 30.8 Å². The minimum absolute atomic E-state index is 0.323. The van der Waals surface area contributed by atoms with Crippen molar-refractivity contribution < 1.29 is 17.4 Å². The lowest BCUT2D eigenvalue weighted by Gasteiger charge is -2.20. The van der Waals surface area contributed by atoms with Gasteiger partial charge in [-0.25, -0.2) is 4.68 Å². The molecule has 1 unspecified atom stereocenters. The molecule has 2 aromatic rings. The molecule has 3 rings (SSSR count). The molecule has 1 atom stereocenters. The Morgan fingerprint density at radius 2 is 2.09 bits per heavy atom. The van der Waals surface area contributed by atoms with Gasteiger partial charge in [0.05, 0.1) is 23.2 Å². The first-order valence-electron chi connectivity index (χ1n) is 6.74. The van der Waals surface area contributed by atoms with Crippen LogP contribution >= 0.6 is 0 Å². The van der Waals surface area contributed by atoms with Crippen molar-refractivity contribution >= 4 is 10.2 Å². The van der Waals surface area contributed by atoms with Crippen LogP contribution in [0, 0.1) is 0 Å². The number of hydrogen-bond acceptors (Lipinski definition) is 6. The molecular weight excluding hydrogens is 311 g/mol. The Morgan fingerprint density at radius 3 is 2.68 bits per heavy atom. The fraction of sp³-hybridized carbons (Fsp3) is 0.385. The lowest BCUT2D eigenvalue weighted by molar-refractivity contribution is 0.0391. The smallest absolute Gasteiger partial charge is 0.332 e. The molecule has 1 aromatic carbocycles. The number of β-amino-alcohol motifs (C(OH)–C–C–N with tert-alkyl or cyclic N) is 1. The zero-order valence-electron chi connectivity index (χ0n) is 11.6. The van der Waals surface area contributed by atoms with E-state index in [1.165, 1.54) is 24.3 Å². The summed E-state index contributed by atoms with van der Waals surface area (Å²) in [6.45, 7) is 1.59. The Morgan fingerprint density at radius 1 is 1.36 bits per heavy atom. The third-order valence-electron chi connectivity index (χ3n) is 3.65. The van der Waals surface area contributed by atoms with E-state index in [9.17, 15) is 17.4 Å². The molecule has 0 radical (unpaired) electrons. The Hall–Kier alpha value is -1.84. The Kier molecular flexibility index (Phi) is 3.71. The maximum atomic E-state index is 12.8. The summed E-state index contributed by atoms with van der Waals surface area (Å²) in [6.07, 6.45) is 2.31. The summed E-state index contributed by atoms with van der Waals surface area (Å²) in [7, 11) is -4.70. The molecule has 1 aromatic heterocycles. The molecular formula is C13H15FN4O3S. The van der Waals surface area contributed by atoms with Crippen molar-refractivity contribution in [2.24, 2.45) is 0 Å². The highest BCUT2D eigenvalue weighted by Crippen LogP contribution is 2.21. The van der Waals surface area contributed by atoms with Gasteiger partial charge in [-0.3, -0.25) is 0 Å². The van der Waals surface area contributed by atoms with Crippen molar-refractivity contribution in [1.82, 2.24) is 20.3 Å². The normalized spacial score (nSPS) is 22.1. The van der Waals surface area contributed by atoms with E-state index in [0.717, 1.165) is 6.54 Å². The first-order chi connectivity index (χ1) is 10.4. The van der Waals surface area contributed by atoms with E-state index in [4.69, 9.17) is 0 Å². The zero-order chi connectivity index (χ0) is 15.8. The van der Waals surface area contributed by atoms with Crippen LogP contribution in [0.15, 0.2) is 35.4 Å². The summed E-state index contributed by atoms with van der Waals surface area (Å²) in [6, 6.07) is 5.29. The van der Waals surface area contributed by atoms with Crippen LogP contribution in [-0.4, -0.2) is 47.2 Å². The van der Waals surface area contributed by atoms with Crippen LogP contribution in [0.2, 0.25) is 0 Å². The fourth-order valence-corrected chi connectivity index (χ4v) is 2.92. The molecule has 0 spiro atoms. The van der Waals surface area contributed by atoms with Crippen LogP contribution in [0.25, 0.3) is 11.3 Å². The van der Waals surface area contributed by atoms with E-state index in [1.807, 2.05) is 0 Å². The third-order valence-corrected chi connectivity index (χ3v) is 4.48. The highest BCUT2D eigenvalue weighted by Gasteiger charge is 2.31. The predicted molar refractivity (Wildman–Crippen MR) is 76.2 cm³/mol. The largest absolute Gasteiger partial charge is 0.387 e. The van der Waals surface area contributed by atoms with Gasteiger partial charge < -0.3 is 10.4 Å². The van der Waals surface area contributed by atoms with Crippen molar-refractivity contribution in [3.63, 3.8) is 0 Å². The molecule has 1 fully saturated rings. The van der Waals surface area contributed by atoms with Crippen LogP contribution < -0.4 is 5.32 Å². The first kappa shape index (κ1) is 15.1. The highest BCUT2D eigenvalue weighted by atomic mass is 32.3. The standard InChI is InChI=1S/C13H15FN4O3S/c14-22(20,21)11-3-1-10(2-4-11)12-7-18(17-16-12)9-13(19)5-6-15-8-13/h1-4,7,15,19H,5-6,8-9H2. The predicted octanol–water partition coefficient (Wildman–Crippen LogP) is 0.328. The molecule has 118 valence electrons. The molecule has 7 nitrogen and oxygen atoms in total. The number of nitrogens with one attached hydrogen (secondary N) is 1. The average Bonchev–Trinajstić information content (AvgIpc) is 3.08. The topological polar surface area (TPSA) is 97.1 Å². The van der Waals surface area contributed by atoms with Gasteiger partial charge in [0.2, 0.25) is 0 Å². The van der Waals surface area contributed by atoms with Gasteiger partial charge in [-0.15, -0.1) is 8.98 Å². The van der Waals surface area contributed by atoms with Crippen LogP contribution in [-0.2, 0) is 16.8 Å². The van der Waals surface area contributed by atoms with Gasteiger partial charge in [-0.2, -0.15) is 8.42 Å². The van der Waals surface area contributed by atoms with E-state index in [2.05, 4.69) is 15.6 Å². The second kappa shape index (κ2) is 5.41. The lowest BCUT2D eigenvalue weighted by atomic mass is 10.0. The second-order valence-electron chi connectivity index (χ2n) is 5.41. The number of benzene rings is 1. The molecule has 0 aliphatic carbocycles. The summed E-state index contributed by atoms with van der Waals surface area (Å²) in [5.74, 6) is 0. The maximum Gasteiger partial charge on any atom is 0.332 e. The molecule has 0 amide bonds. The van der Waals surface area contributed by atoms with Gasteiger partial charge in [0.1, 0.15) is 5.69 Å². The van der Waals surface area contributed by atoms with E-state index < -0.39 is 20.7 Å².